The normalized spacial score (nSPS) is 10.2. The van der Waals surface area contributed by atoms with Crippen molar-refractivity contribution in [2.24, 2.45) is 7.05 Å². The van der Waals surface area contributed by atoms with E-state index in [1.807, 2.05) is 54.0 Å². The van der Waals surface area contributed by atoms with Gasteiger partial charge < -0.3 is 9.47 Å². The van der Waals surface area contributed by atoms with Gasteiger partial charge in [-0.1, -0.05) is 12.1 Å². The van der Waals surface area contributed by atoms with Crippen molar-refractivity contribution in [3.8, 4) is 0 Å². The van der Waals surface area contributed by atoms with E-state index in [-0.39, 0.29) is 0 Å². The van der Waals surface area contributed by atoms with Gasteiger partial charge in [0.25, 0.3) is 0 Å². The van der Waals surface area contributed by atoms with Crippen LogP contribution in [0, 0.1) is 0 Å². The zero-order valence-corrected chi connectivity index (χ0v) is 10.00. The maximum Gasteiger partial charge on any atom is 0.152 e. The molecular weight excluding hydrogens is 214 g/mol. The van der Waals surface area contributed by atoms with Gasteiger partial charge in [-0.25, -0.2) is 4.98 Å². The van der Waals surface area contributed by atoms with Gasteiger partial charge in [-0.15, -0.1) is 0 Å². The zero-order valence-electron chi connectivity index (χ0n) is 10.00. The van der Waals surface area contributed by atoms with E-state index in [0.29, 0.717) is 12.1 Å². The molecule has 0 unspecified atom stereocenters. The van der Waals surface area contributed by atoms with Gasteiger partial charge in [0.2, 0.25) is 0 Å². The topological polar surface area (TPSA) is 38.1 Å². The highest BCUT2D eigenvalue weighted by Crippen LogP contribution is 2.18. The Morgan fingerprint density at radius 1 is 1.41 bits per heavy atom. The van der Waals surface area contributed by atoms with Crippen LogP contribution in [-0.4, -0.2) is 22.9 Å². The Kier molecular flexibility index (Phi) is 3.23. The number of para-hydroxylation sites is 1. The molecule has 1 aromatic carbocycles. The van der Waals surface area contributed by atoms with Gasteiger partial charge in [0, 0.05) is 37.7 Å². The third-order valence-corrected chi connectivity index (χ3v) is 2.77. The van der Waals surface area contributed by atoms with E-state index in [0.717, 1.165) is 17.8 Å². The summed E-state index contributed by atoms with van der Waals surface area (Å²) < 4.78 is 1.97. The number of imidazole rings is 1. The van der Waals surface area contributed by atoms with E-state index in [4.69, 9.17) is 0 Å². The van der Waals surface area contributed by atoms with E-state index < -0.39 is 0 Å². The lowest BCUT2D eigenvalue weighted by molar-refractivity contribution is 0.112. The number of anilines is 1. The minimum absolute atomic E-state index is 0.675. The molecule has 4 nitrogen and oxygen atoms in total. The number of benzene rings is 1. The number of hydrogen-bond donors (Lipinski definition) is 0. The van der Waals surface area contributed by atoms with Crippen molar-refractivity contribution in [1.82, 2.24) is 9.55 Å². The lowest BCUT2D eigenvalue weighted by Gasteiger charge is -2.20. The van der Waals surface area contributed by atoms with Crippen molar-refractivity contribution in [2.75, 3.05) is 11.9 Å². The first-order valence-electron chi connectivity index (χ1n) is 5.44. The first-order valence-corrected chi connectivity index (χ1v) is 5.44. The molecule has 2 rings (SSSR count). The number of aryl methyl sites for hydroxylation is 1. The quantitative estimate of drug-likeness (QED) is 0.751. The number of carbonyl (C=O) groups excluding carboxylic acids is 1. The minimum Gasteiger partial charge on any atom is -0.367 e. The van der Waals surface area contributed by atoms with Gasteiger partial charge >= 0.3 is 0 Å². The van der Waals surface area contributed by atoms with E-state index in [2.05, 4.69) is 4.98 Å². The highest BCUT2D eigenvalue weighted by molar-refractivity contribution is 5.84. The highest BCUT2D eigenvalue weighted by Gasteiger charge is 2.08. The number of aromatic nitrogens is 2. The number of aldehydes is 1. The maximum absolute atomic E-state index is 11.0. The third kappa shape index (κ3) is 2.36. The van der Waals surface area contributed by atoms with Crippen molar-refractivity contribution < 1.29 is 4.79 Å². The van der Waals surface area contributed by atoms with Gasteiger partial charge in [0.1, 0.15) is 5.82 Å². The maximum atomic E-state index is 11.0. The Morgan fingerprint density at radius 3 is 2.82 bits per heavy atom. The number of rotatable bonds is 4. The molecule has 1 aromatic heterocycles. The van der Waals surface area contributed by atoms with Crippen LogP contribution in [0.5, 0.6) is 0 Å². The molecule has 0 saturated carbocycles. The van der Waals surface area contributed by atoms with Crippen molar-refractivity contribution in [2.45, 2.75) is 6.54 Å². The lowest BCUT2D eigenvalue weighted by atomic mass is 10.2. The summed E-state index contributed by atoms with van der Waals surface area (Å²) in [6.45, 7) is 0.675. The van der Waals surface area contributed by atoms with Crippen LogP contribution < -0.4 is 4.90 Å². The predicted molar refractivity (Wildman–Crippen MR) is 67.1 cm³/mol. The smallest absolute Gasteiger partial charge is 0.152 e. The van der Waals surface area contributed by atoms with Crippen LogP contribution in [0.3, 0.4) is 0 Å². The molecule has 2 aromatic rings. The van der Waals surface area contributed by atoms with Crippen molar-refractivity contribution in [3.63, 3.8) is 0 Å². The molecule has 0 bridgehead atoms. The molecule has 0 aliphatic carbocycles. The van der Waals surface area contributed by atoms with Crippen LogP contribution in [0.15, 0.2) is 36.7 Å². The van der Waals surface area contributed by atoms with Crippen LogP contribution in [0.25, 0.3) is 0 Å². The predicted octanol–water partition coefficient (Wildman–Crippen LogP) is 1.87. The lowest BCUT2D eigenvalue weighted by Crippen LogP contribution is -2.20. The fourth-order valence-corrected chi connectivity index (χ4v) is 1.78. The average molecular weight is 229 g/mol. The summed E-state index contributed by atoms with van der Waals surface area (Å²) in [7, 11) is 3.92. The zero-order chi connectivity index (χ0) is 12.3. The summed E-state index contributed by atoms with van der Waals surface area (Å²) in [4.78, 5) is 17.2. The van der Waals surface area contributed by atoms with Crippen molar-refractivity contribution in [3.05, 3.63) is 48.0 Å². The molecule has 17 heavy (non-hydrogen) atoms. The summed E-state index contributed by atoms with van der Waals surface area (Å²) in [5.41, 5.74) is 1.62. The van der Waals surface area contributed by atoms with Crippen LogP contribution in [0.4, 0.5) is 5.69 Å². The Labute approximate surface area is 101 Å². The first-order chi connectivity index (χ1) is 8.22. The molecule has 4 heteroatoms. The second kappa shape index (κ2) is 4.82. The fourth-order valence-electron chi connectivity index (χ4n) is 1.78. The molecule has 0 aliphatic rings. The third-order valence-electron chi connectivity index (χ3n) is 2.77. The molecule has 0 aliphatic heterocycles. The van der Waals surface area contributed by atoms with Crippen molar-refractivity contribution >= 4 is 12.0 Å². The average Bonchev–Trinajstić information content (AvgIpc) is 2.75. The molecule has 0 spiro atoms. The van der Waals surface area contributed by atoms with Crippen LogP contribution in [0.2, 0.25) is 0 Å². The molecule has 0 radical (unpaired) electrons. The number of carbonyl (C=O) groups is 1. The van der Waals surface area contributed by atoms with E-state index >= 15 is 0 Å². The van der Waals surface area contributed by atoms with E-state index in [9.17, 15) is 4.79 Å². The summed E-state index contributed by atoms with van der Waals surface area (Å²) in [5, 5.41) is 0. The standard InChI is InChI=1S/C13H15N3O/c1-15-8-7-14-13(15)9-16(2)12-6-4-3-5-11(12)10-17/h3-8,10H,9H2,1-2H3. The minimum atomic E-state index is 0.675. The summed E-state index contributed by atoms with van der Waals surface area (Å²) in [6.07, 6.45) is 4.56. The SMILES string of the molecule is CN(Cc1nccn1C)c1ccccc1C=O. The largest absolute Gasteiger partial charge is 0.367 e. The Balaban J connectivity index is 2.23. The van der Waals surface area contributed by atoms with E-state index in [1.54, 1.807) is 6.20 Å². The second-order valence-electron chi connectivity index (χ2n) is 3.99. The molecule has 0 atom stereocenters. The fraction of sp³-hybridized carbons (Fsp3) is 0.231. The molecule has 88 valence electrons. The summed E-state index contributed by atoms with van der Waals surface area (Å²) in [5.74, 6) is 0.966. The Morgan fingerprint density at radius 2 is 2.18 bits per heavy atom. The highest BCUT2D eigenvalue weighted by atomic mass is 16.1. The molecule has 1 heterocycles. The summed E-state index contributed by atoms with van der Waals surface area (Å²) >= 11 is 0. The Bertz CT molecular complexity index is 519. The summed E-state index contributed by atoms with van der Waals surface area (Å²) in [6, 6.07) is 7.54. The molecule has 0 saturated heterocycles. The van der Waals surface area contributed by atoms with Gasteiger partial charge in [0.15, 0.2) is 6.29 Å². The van der Waals surface area contributed by atoms with Crippen LogP contribution in [-0.2, 0) is 13.6 Å². The van der Waals surface area contributed by atoms with E-state index in [1.165, 1.54) is 0 Å². The van der Waals surface area contributed by atoms with Crippen molar-refractivity contribution in [1.29, 1.82) is 0 Å². The van der Waals surface area contributed by atoms with Crippen LogP contribution in [0.1, 0.15) is 16.2 Å². The number of hydrogen-bond acceptors (Lipinski definition) is 3. The number of nitrogens with zero attached hydrogens (tertiary/aromatic N) is 3. The molecular formula is C13H15N3O. The first kappa shape index (κ1) is 11.4. The van der Waals surface area contributed by atoms with Gasteiger partial charge in [0.05, 0.1) is 6.54 Å². The van der Waals surface area contributed by atoms with Gasteiger partial charge in [-0.3, -0.25) is 4.79 Å². The van der Waals surface area contributed by atoms with Gasteiger partial charge in [-0.05, 0) is 12.1 Å². The molecule has 0 N–H and O–H groups in total. The second-order valence-corrected chi connectivity index (χ2v) is 3.99. The monoisotopic (exact) mass is 229 g/mol. The molecule has 0 amide bonds. The molecule has 0 fully saturated rings. The Hall–Kier alpha value is -2.10. The van der Waals surface area contributed by atoms with Gasteiger partial charge in [-0.2, -0.15) is 0 Å². The van der Waals surface area contributed by atoms with Crippen LogP contribution >= 0.6 is 0 Å².